The third kappa shape index (κ3) is 4.21. The molecule has 1 aliphatic rings. The van der Waals surface area contributed by atoms with Gasteiger partial charge in [0.1, 0.15) is 5.00 Å². The van der Waals surface area contributed by atoms with E-state index in [2.05, 4.69) is 10.1 Å². The smallest absolute Gasteiger partial charge is 0.397 e. The maximum Gasteiger partial charge on any atom is 0.397 e. The molecule has 9 heteroatoms. The number of likely N-dealkylation sites (tertiary alicyclic amines) is 1. The van der Waals surface area contributed by atoms with Gasteiger partial charge in [0.05, 0.1) is 23.7 Å². The van der Waals surface area contributed by atoms with Gasteiger partial charge in [0.15, 0.2) is 0 Å². The lowest BCUT2D eigenvalue weighted by Crippen LogP contribution is -2.27. The molecule has 0 bridgehead atoms. The van der Waals surface area contributed by atoms with Gasteiger partial charge in [0.2, 0.25) is 0 Å². The predicted octanol–water partition coefficient (Wildman–Crippen LogP) is 1.97. The van der Waals surface area contributed by atoms with Crippen molar-refractivity contribution in [2.75, 3.05) is 31.6 Å². The first-order chi connectivity index (χ1) is 12.4. The maximum atomic E-state index is 12.7. The minimum Gasteiger partial charge on any atom is -0.462 e. The first kappa shape index (κ1) is 19.9. The SMILES string of the molecule is CCOC(=O)C(=O)Nc1sc(C(=O)N2CCCC2)c(C)c1C(=O)OCC. The summed E-state index contributed by atoms with van der Waals surface area (Å²) in [7, 11) is 0. The zero-order chi connectivity index (χ0) is 19.3. The predicted molar refractivity (Wildman–Crippen MR) is 95.4 cm³/mol. The Bertz CT molecular complexity index is 721. The van der Waals surface area contributed by atoms with Gasteiger partial charge in [0, 0.05) is 13.1 Å². The van der Waals surface area contributed by atoms with Gasteiger partial charge in [-0.25, -0.2) is 9.59 Å². The average Bonchev–Trinajstić information content (AvgIpc) is 3.23. The van der Waals surface area contributed by atoms with Gasteiger partial charge >= 0.3 is 17.8 Å². The molecule has 1 saturated heterocycles. The van der Waals surface area contributed by atoms with Gasteiger partial charge in [-0.3, -0.25) is 9.59 Å². The van der Waals surface area contributed by atoms with Crippen molar-refractivity contribution in [1.29, 1.82) is 0 Å². The molecule has 0 atom stereocenters. The van der Waals surface area contributed by atoms with E-state index in [-0.39, 0.29) is 29.7 Å². The summed E-state index contributed by atoms with van der Waals surface area (Å²) in [5.74, 6) is -2.90. The summed E-state index contributed by atoms with van der Waals surface area (Å²) >= 11 is 0.967. The van der Waals surface area contributed by atoms with Crippen molar-refractivity contribution >= 4 is 40.1 Å². The molecule has 1 aromatic rings. The van der Waals surface area contributed by atoms with Crippen LogP contribution in [0.1, 0.15) is 52.3 Å². The average molecular weight is 382 g/mol. The Morgan fingerprint density at radius 1 is 1.08 bits per heavy atom. The standard InChI is InChI=1S/C17H22N2O6S/c1-4-24-16(22)11-10(3)12(15(21)19-8-6-7-9-19)26-14(11)18-13(20)17(23)25-5-2/h4-9H2,1-3H3,(H,18,20). The summed E-state index contributed by atoms with van der Waals surface area (Å²) in [5.41, 5.74) is 0.529. The third-order valence-electron chi connectivity index (χ3n) is 3.90. The second-order valence-electron chi connectivity index (χ2n) is 5.65. The van der Waals surface area contributed by atoms with E-state index in [9.17, 15) is 19.2 Å². The molecule has 0 spiro atoms. The number of nitrogens with one attached hydrogen (secondary N) is 1. The lowest BCUT2D eigenvalue weighted by Gasteiger charge is -2.14. The van der Waals surface area contributed by atoms with E-state index in [0.29, 0.717) is 23.5 Å². The summed E-state index contributed by atoms with van der Waals surface area (Å²) in [6, 6.07) is 0. The fourth-order valence-corrected chi connectivity index (χ4v) is 3.83. The molecule has 1 N–H and O–H groups in total. The van der Waals surface area contributed by atoms with Crippen LogP contribution in [-0.4, -0.2) is 55.0 Å². The topological polar surface area (TPSA) is 102 Å². The monoisotopic (exact) mass is 382 g/mol. The minimum absolute atomic E-state index is 0.0547. The summed E-state index contributed by atoms with van der Waals surface area (Å²) in [6.45, 7) is 6.40. The number of rotatable bonds is 5. The molecule has 0 aliphatic carbocycles. The number of carbonyl (C=O) groups is 4. The van der Waals surface area contributed by atoms with Crippen molar-refractivity contribution in [3.63, 3.8) is 0 Å². The van der Waals surface area contributed by atoms with Crippen LogP contribution >= 0.6 is 11.3 Å². The molecule has 1 aromatic heterocycles. The molecule has 2 amide bonds. The van der Waals surface area contributed by atoms with E-state index >= 15 is 0 Å². The molecule has 1 fully saturated rings. The summed E-state index contributed by atoms with van der Waals surface area (Å²) in [6.07, 6.45) is 1.88. The molecule has 1 aliphatic heterocycles. The van der Waals surface area contributed by atoms with Crippen molar-refractivity contribution < 1.29 is 28.7 Å². The summed E-state index contributed by atoms with van der Waals surface area (Å²) in [4.78, 5) is 50.6. The van der Waals surface area contributed by atoms with Gasteiger partial charge in [-0.15, -0.1) is 11.3 Å². The van der Waals surface area contributed by atoms with Crippen LogP contribution in [0.5, 0.6) is 0 Å². The third-order valence-corrected chi connectivity index (χ3v) is 5.10. The van der Waals surface area contributed by atoms with Crippen LogP contribution in [-0.2, 0) is 19.1 Å². The molecule has 0 radical (unpaired) electrons. The Labute approximate surface area is 155 Å². The van der Waals surface area contributed by atoms with Crippen LogP contribution < -0.4 is 5.32 Å². The number of amides is 2. The lowest BCUT2D eigenvalue weighted by molar-refractivity contribution is -0.152. The van der Waals surface area contributed by atoms with E-state index in [1.165, 1.54) is 0 Å². The number of anilines is 1. The highest BCUT2D eigenvalue weighted by atomic mass is 32.1. The Kier molecular flexibility index (Phi) is 6.73. The van der Waals surface area contributed by atoms with Gasteiger partial charge in [-0.1, -0.05) is 0 Å². The molecule has 0 aromatic carbocycles. The van der Waals surface area contributed by atoms with E-state index in [1.807, 2.05) is 0 Å². The van der Waals surface area contributed by atoms with E-state index in [1.54, 1.807) is 25.7 Å². The normalized spacial score (nSPS) is 13.4. The van der Waals surface area contributed by atoms with Crippen molar-refractivity contribution in [3.8, 4) is 0 Å². The van der Waals surface area contributed by atoms with Crippen LogP contribution in [0.3, 0.4) is 0 Å². The Hall–Kier alpha value is -2.42. The van der Waals surface area contributed by atoms with E-state index in [4.69, 9.17) is 4.74 Å². The number of esters is 2. The van der Waals surface area contributed by atoms with E-state index in [0.717, 1.165) is 24.2 Å². The van der Waals surface area contributed by atoms with Gasteiger partial charge in [0.25, 0.3) is 5.91 Å². The first-order valence-corrected chi connectivity index (χ1v) is 9.30. The van der Waals surface area contributed by atoms with Crippen molar-refractivity contribution in [2.45, 2.75) is 33.6 Å². The van der Waals surface area contributed by atoms with Crippen LogP contribution in [0.25, 0.3) is 0 Å². The highest BCUT2D eigenvalue weighted by molar-refractivity contribution is 7.18. The molecule has 26 heavy (non-hydrogen) atoms. The number of carbonyl (C=O) groups excluding carboxylic acids is 4. The van der Waals surface area contributed by atoms with Crippen LogP contribution in [0.4, 0.5) is 5.00 Å². The van der Waals surface area contributed by atoms with Gasteiger partial charge < -0.3 is 19.7 Å². The highest BCUT2D eigenvalue weighted by Gasteiger charge is 2.30. The molecule has 2 rings (SSSR count). The summed E-state index contributed by atoms with van der Waals surface area (Å²) in [5, 5.41) is 2.49. The zero-order valence-electron chi connectivity index (χ0n) is 15.0. The summed E-state index contributed by atoms with van der Waals surface area (Å²) < 4.78 is 9.68. The Morgan fingerprint density at radius 3 is 2.27 bits per heavy atom. The van der Waals surface area contributed by atoms with Crippen LogP contribution in [0.2, 0.25) is 0 Å². The van der Waals surface area contributed by atoms with Crippen LogP contribution in [0.15, 0.2) is 0 Å². The molecule has 142 valence electrons. The second-order valence-corrected chi connectivity index (χ2v) is 6.68. The number of nitrogens with zero attached hydrogens (tertiary/aromatic N) is 1. The first-order valence-electron chi connectivity index (χ1n) is 8.48. The fraction of sp³-hybridized carbons (Fsp3) is 0.529. The minimum atomic E-state index is -1.05. The maximum absolute atomic E-state index is 12.7. The number of hydrogen-bond donors (Lipinski definition) is 1. The molecule has 0 saturated carbocycles. The van der Waals surface area contributed by atoms with Crippen molar-refractivity contribution in [2.24, 2.45) is 0 Å². The highest BCUT2D eigenvalue weighted by Crippen LogP contribution is 2.35. The number of ether oxygens (including phenoxy) is 2. The fourth-order valence-electron chi connectivity index (χ4n) is 2.67. The van der Waals surface area contributed by atoms with Gasteiger partial charge in [-0.2, -0.15) is 0 Å². The second kappa shape index (κ2) is 8.79. The van der Waals surface area contributed by atoms with Gasteiger partial charge in [-0.05, 0) is 39.2 Å². The lowest BCUT2D eigenvalue weighted by atomic mass is 10.1. The van der Waals surface area contributed by atoms with Crippen molar-refractivity contribution in [1.82, 2.24) is 4.90 Å². The molecule has 2 heterocycles. The molecule has 0 unspecified atom stereocenters. The molecule has 8 nitrogen and oxygen atoms in total. The molecular formula is C17H22N2O6S. The van der Waals surface area contributed by atoms with E-state index < -0.39 is 17.8 Å². The number of hydrogen-bond acceptors (Lipinski definition) is 7. The molecular weight excluding hydrogens is 360 g/mol. The Balaban J connectivity index is 2.36. The largest absolute Gasteiger partial charge is 0.462 e. The van der Waals surface area contributed by atoms with Crippen molar-refractivity contribution in [3.05, 3.63) is 16.0 Å². The Morgan fingerprint density at radius 2 is 1.69 bits per heavy atom. The number of thiophene rings is 1. The van der Waals surface area contributed by atoms with Crippen LogP contribution in [0, 0.1) is 6.92 Å². The quantitative estimate of drug-likeness (QED) is 0.617. The zero-order valence-corrected chi connectivity index (χ0v) is 15.9.